The first-order valence-corrected chi connectivity index (χ1v) is 4.26. The van der Waals surface area contributed by atoms with Crippen LogP contribution < -0.4 is 0 Å². The van der Waals surface area contributed by atoms with Crippen molar-refractivity contribution in [1.82, 2.24) is 0 Å². The van der Waals surface area contributed by atoms with Crippen molar-refractivity contribution in [3.05, 3.63) is 0 Å². The van der Waals surface area contributed by atoms with Gasteiger partial charge in [0.05, 0.1) is 7.80 Å². The third-order valence-corrected chi connectivity index (χ3v) is 3.49. The maximum Gasteiger partial charge on any atom is 0.0747 e. The topological polar surface area (TPSA) is 17.1 Å². The quantitative estimate of drug-likeness (QED) is 0.443. The van der Waals surface area contributed by atoms with Crippen molar-refractivity contribution in [3.63, 3.8) is 0 Å². The van der Waals surface area contributed by atoms with Gasteiger partial charge in [0, 0.05) is 11.8 Å². The second-order valence-corrected chi connectivity index (χ2v) is 4.29. The minimum absolute atomic E-state index is 0.523. The molecule has 0 aromatic rings. The Bertz CT molecular complexity index is 90.1. The van der Waals surface area contributed by atoms with Crippen molar-refractivity contribution < 1.29 is 4.57 Å². The Morgan fingerprint density at radius 2 is 2.43 bits per heavy atom. The summed E-state index contributed by atoms with van der Waals surface area (Å²) in [5.41, 5.74) is 0.523. The Hall–Kier alpha value is 0.100. The summed E-state index contributed by atoms with van der Waals surface area (Å²) in [7, 11) is -0.776. The zero-order valence-corrected chi connectivity index (χ0v) is 5.45. The van der Waals surface area contributed by atoms with Crippen molar-refractivity contribution in [2.24, 2.45) is 0 Å². The van der Waals surface area contributed by atoms with Gasteiger partial charge >= 0.3 is 0 Å². The molecule has 0 aliphatic carbocycles. The molecule has 1 aliphatic rings. The predicted molar refractivity (Wildman–Crippen MR) is 31.2 cm³/mol. The molecule has 1 fully saturated rings. The van der Waals surface area contributed by atoms with Gasteiger partial charge in [0.15, 0.2) is 0 Å². The minimum atomic E-state index is -0.776. The summed E-state index contributed by atoms with van der Waals surface area (Å²) in [5, 5.41) is 0. The van der Waals surface area contributed by atoms with Crippen molar-refractivity contribution in [1.29, 1.82) is 0 Å². The highest BCUT2D eigenvalue weighted by Gasteiger charge is 2.17. The molecule has 1 saturated heterocycles. The van der Waals surface area contributed by atoms with Gasteiger partial charge in [-0.15, -0.1) is 0 Å². The molecule has 7 heavy (non-hydrogen) atoms. The Kier molecular flexibility index (Phi) is 1.43. The Labute approximate surface area is 44.9 Å². The van der Waals surface area contributed by atoms with Gasteiger partial charge in [-0.2, -0.15) is 0 Å². The van der Waals surface area contributed by atoms with Crippen LogP contribution in [0.1, 0.15) is 19.8 Å². The maximum atomic E-state index is 10.7. The van der Waals surface area contributed by atoms with Crippen LogP contribution in [0, 0.1) is 0 Å². The average Bonchev–Trinajstić information content (AvgIpc) is 1.91. The molecule has 1 aliphatic heterocycles. The molecule has 0 bridgehead atoms. The van der Waals surface area contributed by atoms with Gasteiger partial charge < -0.3 is 0 Å². The first-order chi connectivity index (χ1) is 3.30. The highest BCUT2D eigenvalue weighted by molar-refractivity contribution is 7.45. The summed E-state index contributed by atoms with van der Waals surface area (Å²) in [6.07, 6.45) is 3.36. The van der Waals surface area contributed by atoms with Crippen LogP contribution in [-0.2, 0) is 4.57 Å². The van der Waals surface area contributed by atoms with E-state index in [1.165, 1.54) is 12.8 Å². The lowest BCUT2D eigenvalue weighted by atomic mass is 10.3. The fourth-order valence-electron chi connectivity index (χ4n) is 0.907. The third-order valence-electron chi connectivity index (χ3n) is 1.49. The highest BCUT2D eigenvalue weighted by Crippen LogP contribution is 2.38. The molecule has 41 valence electrons. The predicted octanol–water partition coefficient (Wildman–Crippen LogP) is 2.00. The van der Waals surface area contributed by atoms with Gasteiger partial charge in [-0.1, -0.05) is 6.92 Å². The second-order valence-electron chi connectivity index (χ2n) is 2.13. The Morgan fingerprint density at radius 3 is 2.57 bits per heavy atom. The van der Waals surface area contributed by atoms with Gasteiger partial charge in [0.25, 0.3) is 0 Å². The van der Waals surface area contributed by atoms with E-state index in [9.17, 15) is 4.57 Å². The number of hydrogen-bond acceptors (Lipinski definition) is 1. The molecule has 2 atom stereocenters. The summed E-state index contributed by atoms with van der Waals surface area (Å²) in [6, 6.07) is 0. The standard InChI is InChI=1S/C5H10OP/c1-5-3-2-4-7(5)6/h5H,2-4H2,1H3. The zero-order valence-electron chi connectivity index (χ0n) is 4.55. The van der Waals surface area contributed by atoms with E-state index >= 15 is 0 Å². The summed E-state index contributed by atoms with van der Waals surface area (Å²) >= 11 is 0. The molecule has 1 radical (unpaired) electrons. The van der Waals surface area contributed by atoms with Gasteiger partial charge in [-0.05, 0) is 12.8 Å². The average molecular weight is 117 g/mol. The molecule has 0 spiro atoms. The van der Waals surface area contributed by atoms with E-state index in [0.29, 0.717) is 5.66 Å². The molecule has 0 aromatic carbocycles. The molecule has 1 nitrogen and oxygen atoms in total. The van der Waals surface area contributed by atoms with Crippen LogP contribution in [0.15, 0.2) is 0 Å². The molecule has 0 saturated carbocycles. The largest absolute Gasteiger partial charge is 0.287 e. The van der Waals surface area contributed by atoms with E-state index < -0.39 is 7.80 Å². The number of hydrogen-bond donors (Lipinski definition) is 0. The van der Waals surface area contributed by atoms with Gasteiger partial charge in [0.1, 0.15) is 0 Å². The molecule has 1 heterocycles. The van der Waals surface area contributed by atoms with Crippen molar-refractivity contribution >= 4 is 7.80 Å². The van der Waals surface area contributed by atoms with Crippen molar-refractivity contribution in [2.45, 2.75) is 25.4 Å². The van der Waals surface area contributed by atoms with Crippen LogP contribution in [0.5, 0.6) is 0 Å². The van der Waals surface area contributed by atoms with Crippen LogP contribution in [0.2, 0.25) is 0 Å². The SMILES string of the molecule is CC1CCC[P]1=O. The lowest BCUT2D eigenvalue weighted by molar-refractivity contribution is 0.586. The normalized spacial score (nSPS) is 36.7. The molecular formula is C5H10OP. The van der Waals surface area contributed by atoms with Crippen LogP contribution in [0.4, 0.5) is 0 Å². The molecule has 0 N–H and O–H groups in total. The van der Waals surface area contributed by atoms with Crippen molar-refractivity contribution in [2.75, 3.05) is 6.16 Å². The van der Waals surface area contributed by atoms with Gasteiger partial charge in [0.2, 0.25) is 0 Å². The van der Waals surface area contributed by atoms with E-state index in [-0.39, 0.29) is 0 Å². The van der Waals surface area contributed by atoms with Crippen LogP contribution in [0.25, 0.3) is 0 Å². The minimum Gasteiger partial charge on any atom is -0.287 e. The lowest BCUT2D eigenvalue weighted by Crippen LogP contribution is -1.82. The molecule has 2 unspecified atom stereocenters. The van der Waals surface area contributed by atoms with Crippen LogP contribution in [-0.4, -0.2) is 11.8 Å². The summed E-state index contributed by atoms with van der Waals surface area (Å²) in [5.74, 6) is 0. The van der Waals surface area contributed by atoms with E-state index in [4.69, 9.17) is 0 Å². The Balaban J connectivity index is 2.48. The highest BCUT2D eigenvalue weighted by atomic mass is 31.1. The molecule has 0 amide bonds. The van der Waals surface area contributed by atoms with E-state index in [1.807, 2.05) is 0 Å². The van der Waals surface area contributed by atoms with E-state index in [2.05, 4.69) is 6.92 Å². The van der Waals surface area contributed by atoms with E-state index in [1.54, 1.807) is 0 Å². The first-order valence-electron chi connectivity index (χ1n) is 2.74. The van der Waals surface area contributed by atoms with Gasteiger partial charge in [-0.25, -0.2) is 0 Å². The molecule has 2 heteroatoms. The fourth-order valence-corrected chi connectivity index (χ4v) is 2.31. The lowest BCUT2D eigenvalue weighted by Gasteiger charge is -1.91. The maximum absolute atomic E-state index is 10.7. The first kappa shape index (κ1) is 5.24. The summed E-state index contributed by atoms with van der Waals surface area (Å²) in [6.45, 7) is 2.08. The fraction of sp³-hybridized carbons (Fsp3) is 1.00. The van der Waals surface area contributed by atoms with Crippen molar-refractivity contribution in [3.8, 4) is 0 Å². The summed E-state index contributed by atoms with van der Waals surface area (Å²) in [4.78, 5) is 0. The second kappa shape index (κ2) is 1.92. The Morgan fingerprint density at radius 1 is 1.71 bits per heavy atom. The van der Waals surface area contributed by atoms with Crippen LogP contribution >= 0.6 is 7.80 Å². The molecular weight excluding hydrogens is 107 g/mol. The van der Waals surface area contributed by atoms with Gasteiger partial charge in [-0.3, -0.25) is 4.57 Å². The van der Waals surface area contributed by atoms with E-state index in [0.717, 1.165) is 6.16 Å². The molecule has 0 aromatic heterocycles. The zero-order chi connectivity index (χ0) is 5.28. The summed E-state index contributed by atoms with van der Waals surface area (Å²) < 4.78 is 10.7. The monoisotopic (exact) mass is 117 g/mol. The third kappa shape index (κ3) is 1.01. The number of rotatable bonds is 0. The van der Waals surface area contributed by atoms with Crippen LogP contribution in [0.3, 0.4) is 0 Å². The molecule has 1 rings (SSSR count). The smallest absolute Gasteiger partial charge is 0.0747 e.